The van der Waals surface area contributed by atoms with Gasteiger partial charge in [0.2, 0.25) is 5.91 Å². The van der Waals surface area contributed by atoms with E-state index in [0.717, 1.165) is 57.2 Å². The molecular weight excluding hydrogens is 390 g/mol. The Kier molecular flexibility index (Phi) is 5.52. The number of anilines is 2. The molecule has 8 nitrogen and oxygen atoms in total. The van der Waals surface area contributed by atoms with Crippen molar-refractivity contribution < 1.29 is 4.79 Å². The molecule has 1 atom stereocenters. The molecule has 0 bridgehead atoms. The number of hydrogen-bond donors (Lipinski definition) is 0. The van der Waals surface area contributed by atoms with E-state index in [4.69, 9.17) is 0 Å². The average molecular weight is 418 g/mol. The molecule has 2 aromatic heterocycles. The number of aromatic nitrogens is 4. The average Bonchev–Trinajstić information content (AvgIpc) is 3.40. The number of amides is 1. The van der Waals surface area contributed by atoms with Crippen LogP contribution in [0.2, 0.25) is 0 Å². The number of piperidine rings is 1. The Labute approximate surface area is 182 Å². The third kappa shape index (κ3) is 4.23. The molecule has 3 aromatic rings. The molecule has 0 aliphatic carbocycles. The maximum Gasteiger partial charge on any atom is 0.227 e. The molecule has 2 saturated heterocycles. The van der Waals surface area contributed by atoms with Crippen molar-refractivity contribution in [2.24, 2.45) is 5.92 Å². The second kappa shape index (κ2) is 8.75. The molecule has 160 valence electrons. The highest BCUT2D eigenvalue weighted by atomic mass is 16.2. The fourth-order valence-corrected chi connectivity index (χ4v) is 4.49. The second-order valence-electron chi connectivity index (χ2n) is 8.15. The molecule has 2 aliphatic heterocycles. The summed E-state index contributed by atoms with van der Waals surface area (Å²) in [4.78, 5) is 23.9. The number of nitrogens with zero attached hydrogens (tertiary/aromatic N) is 7. The first-order valence-electron chi connectivity index (χ1n) is 10.9. The van der Waals surface area contributed by atoms with Crippen molar-refractivity contribution in [3.05, 3.63) is 61.2 Å². The van der Waals surface area contributed by atoms with Crippen molar-refractivity contribution in [3.8, 4) is 5.82 Å². The molecule has 0 N–H and O–H groups in total. The van der Waals surface area contributed by atoms with E-state index in [9.17, 15) is 4.79 Å². The Hall–Kier alpha value is -3.42. The molecule has 5 rings (SSSR count). The van der Waals surface area contributed by atoms with Crippen LogP contribution in [0.15, 0.2) is 61.2 Å². The molecule has 2 aliphatic rings. The summed E-state index contributed by atoms with van der Waals surface area (Å²) in [5.74, 6) is 1.87. The highest BCUT2D eigenvalue weighted by Gasteiger charge is 2.31. The molecule has 0 spiro atoms. The Morgan fingerprint density at radius 1 is 0.871 bits per heavy atom. The minimum atomic E-state index is 0.0205. The lowest BCUT2D eigenvalue weighted by molar-refractivity contribution is -0.136. The van der Waals surface area contributed by atoms with E-state index in [1.165, 1.54) is 5.69 Å². The van der Waals surface area contributed by atoms with Crippen LogP contribution in [0.4, 0.5) is 11.5 Å². The minimum absolute atomic E-state index is 0.0205. The number of para-hydroxylation sites is 1. The summed E-state index contributed by atoms with van der Waals surface area (Å²) >= 11 is 0. The quantitative estimate of drug-likeness (QED) is 0.648. The number of imidazole rings is 1. The van der Waals surface area contributed by atoms with Gasteiger partial charge in [-0.25, -0.2) is 4.98 Å². The molecular formula is C23H27N7O. The summed E-state index contributed by atoms with van der Waals surface area (Å²) in [5, 5.41) is 8.73. The lowest BCUT2D eigenvalue weighted by atomic mass is 9.96. The zero-order valence-electron chi connectivity index (χ0n) is 17.5. The van der Waals surface area contributed by atoms with Gasteiger partial charge in [-0.3, -0.25) is 9.36 Å². The summed E-state index contributed by atoms with van der Waals surface area (Å²) in [5.41, 5.74) is 1.23. The van der Waals surface area contributed by atoms with E-state index in [1.54, 1.807) is 12.5 Å². The van der Waals surface area contributed by atoms with E-state index in [0.29, 0.717) is 6.54 Å². The predicted molar refractivity (Wildman–Crippen MR) is 119 cm³/mol. The van der Waals surface area contributed by atoms with Gasteiger partial charge in [0.1, 0.15) is 6.33 Å². The van der Waals surface area contributed by atoms with Crippen molar-refractivity contribution in [1.82, 2.24) is 24.6 Å². The topological polar surface area (TPSA) is 70.4 Å². The first-order valence-corrected chi connectivity index (χ1v) is 10.9. The standard InChI is InChI=1S/C23H27N7O/c31-23(28-15-13-27(14-16-28)20-6-2-1-3-7-20)19-5-4-11-29(17-19)21-8-9-22(26-25-21)30-12-10-24-18-30/h1-3,6-10,12,18-19H,4-5,11,13-17H2. The Morgan fingerprint density at radius 3 is 2.35 bits per heavy atom. The van der Waals surface area contributed by atoms with Gasteiger partial charge in [0.25, 0.3) is 0 Å². The highest BCUT2D eigenvalue weighted by molar-refractivity contribution is 5.80. The third-order valence-electron chi connectivity index (χ3n) is 6.21. The van der Waals surface area contributed by atoms with E-state index >= 15 is 0 Å². The van der Waals surface area contributed by atoms with E-state index < -0.39 is 0 Å². The van der Waals surface area contributed by atoms with Crippen molar-refractivity contribution in [3.63, 3.8) is 0 Å². The first-order chi connectivity index (χ1) is 15.3. The molecule has 1 aromatic carbocycles. The fourth-order valence-electron chi connectivity index (χ4n) is 4.49. The van der Waals surface area contributed by atoms with Crippen molar-refractivity contribution >= 4 is 17.4 Å². The number of piperazine rings is 1. The van der Waals surface area contributed by atoms with E-state index in [2.05, 4.69) is 49.2 Å². The van der Waals surface area contributed by atoms with Gasteiger partial charge in [0, 0.05) is 57.3 Å². The van der Waals surface area contributed by atoms with E-state index in [1.807, 2.05) is 33.9 Å². The van der Waals surface area contributed by atoms with Crippen molar-refractivity contribution in [1.29, 1.82) is 0 Å². The lowest BCUT2D eigenvalue weighted by Crippen LogP contribution is -2.52. The van der Waals surface area contributed by atoms with Gasteiger partial charge in [-0.15, -0.1) is 10.2 Å². The Bertz CT molecular complexity index is 983. The van der Waals surface area contributed by atoms with Gasteiger partial charge >= 0.3 is 0 Å². The van der Waals surface area contributed by atoms with Crippen LogP contribution in [0.25, 0.3) is 5.82 Å². The molecule has 4 heterocycles. The second-order valence-corrected chi connectivity index (χ2v) is 8.15. The number of carbonyl (C=O) groups excluding carboxylic acids is 1. The number of rotatable bonds is 4. The fraction of sp³-hybridized carbons (Fsp3) is 0.391. The zero-order chi connectivity index (χ0) is 21.0. The first kappa shape index (κ1) is 19.5. The summed E-state index contributed by atoms with van der Waals surface area (Å²) in [7, 11) is 0. The summed E-state index contributed by atoms with van der Waals surface area (Å²) in [6.07, 6.45) is 7.20. The SMILES string of the molecule is O=C(C1CCCN(c2ccc(-n3ccnc3)nn2)C1)N1CCN(c2ccccc2)CC1. The van der Waals surface area contributed by atoms with E-state index in [-0.39, 0.29) is 11.8 Å². The lowest BCUT2D eigenvalue weighted by Gasteiger charge is -2.40. The van der Waals surface area contributed by atoms with Crippen LogP contribution in [0.3, 0.4) is 0 Å². The van der Waals surface area contributed by atoms with Gasteiger partial charge in [-0.1, -0.05) is 18.2 Å². The molecule has 8 heteroatoms. The number of benzene rings is 1. The normalized spacial score (nSPS) is 19.5. The maximum atomic E-state index is 13.2. The van der Waals surface area contributed by atoms with Gasteiger partial charge in [0.15, 0.2) is 11.6 Å². The van der Waals surface area contributed by atoms with Crippen LogP contribution < -0.4 is 9.80 Å². The largest absolute Gasteiger partial charge is 0.368 e. The molecule has 1 amide bonds. The van der Waals surface area contributed by atoms with Gasteiger partial charge in [-0.2, -0.15) is 0 Å². The molecule has 31 heavy (non-hydrogen) atoms. The molecule has 1 unspecified atom stereocenters. The van der Waals surface area contributed by atoms with Crippen molar-refractivity contribution in [2.75, 3.05) is 49.1 Å². The van der Waals surface area contributed by atoms with Crippen LogP contribution in [-0.2, 0) is 4.79 Å². The highest BCUT2D eigenvalue weighted by Crippen LogP contribution is 2.24. The predicted octanol–water partition coefficient (Wildman–Crippen LogP) is 2.23. The molecule has 0 saturated carbocycles. The third-order valence-corrected chi connectivity index (χ3v) is 6.21. The number of carbonyl (C=O) groups is 1. The summed E-state index contributed by atoms with van der Waals surface area (Å²) in [6, 6.07) is 14.4. The van der Waals surface area contributed by atoms with Crippen LogP contribution in [-0.4, -0.2) is 69.8 Å². The monoisotopic (exact) mass is 417 g/mol. The number of hydrogen-bond acceptors (Lipinski definition) is 6. The van der Waals surface area contributed by atoms with Crippen LogP contribution in [0.1, 0.15) is 12.8 Å². The van der Waals surface area contributed by atoms with Crippen LogP contribution in [0.5, 0.6) is 0 Å². The summed E-state index contributed by atoms with van der Waals surface area (Å²) in [6.45, 7) is 4.94. The maximum absolute atomic E-state index is 13.2. The van der Waals surface area contributed by atoms with Gasteiger partial charge in [-0.05, 0) is 37.1 Å². The molecule has 0 radical (unpaired) electrons. The van der Waals surface area contributed by atoms with Gasteiger partial charge in [0.05, 0.1) is 5.92 Å². The Balaban J connectivity index is 1.19. The summed E-state index contributed by atoms with van der Waals surface area (Å²) < 4.78 is 1.83. The molecule has 2 fully saturated rings. The zero-order valence-corrected chi connectivity index (χ0v) is 17.5. The van der Waals surface area contributed by atoms with Gasteiger partial charge < -0.3 is 14.7 Å². The van der Waals surface area contributed by atoms with Crippen LogP contribution >= 0.6 is 0 Å². The Morgan fingerprint density at radius 2 is 1.65 bits per heavy atom. The van der Waals surface area contributed by atoms with Crippen molar-refractivity contribution in [2.45, 2.75) is 12.8 Å². The minimum Gasteiger partial charge on any atom is -0.368 e. The van der Waals surface area contributed by atoms with Crippen LogP contribution in [0, 0.1) is 5.92 Å². The smallest absolute Gasteiger partial charge is 0.227 e.